The number of hydrogen-bond acceptors (Lipinski definition) is 4. The summed E-state index contributed by atoms with van der Waals surface area (Å²) >= 11 is 0. The van der Waals surface area contributed by atoms with Crippen molar-refractivity contribution in [2.24, 2.45) is 5.41 Å². The van der Waals surface area contributed by atoms with E-state index in [2.05, 4.69) is 27.4 Å². The van der Waals surface area contributed by atoms with Gasteiger partial charge in [-0.15, -0.1) is 0 Å². The van der Waals surface area contributed by atoms with Crippen molar-refractivity contribution in [1.29, 1.82) is 0 Å². The van der Waals surface area contributed by atoms with E-state index in [1.807, 2.05) is 18.2 Å². The number of rotatable bonds is 8. The maximum absolute atomic E-state index is 12.5. The molecule has 3 rings (SSSR count). The summed E-state index contributed by atoms with van der Waals surface area (Å²) in [6.45, 7) is 4.88. The average molecular weight is 358 g/mol. The standard InChI is InChI=1S/C20H30N4O2/c1-2-7-20(8-5-9-20)15-23-18(25)13-17-19(26)22-11-12-24(17)14-16-6-3-4-10-21-16/h3-4,6,10,17H,2,5,7-9,11-15H2,1H3,(H,22,26)(H,23,25)/t17-/m1/s1. The first-order valence-corrected chi connectivity index (χ1v) is 9.80. The largest absolute Gasteiger partial charge is 0.355 e. The monoisotopic (exact) mass is 358 g/mol. The van der Waals surface area contributed by atoms with Crippen molar-refractivity contribution in [2.75, 3.05) is 19.6 Å². The Kier molecular flexibility index (Phi) is 6.25. The molecule has 0 spiro atoms. The minimum absolute atomic E-state index is 0.0274. The Labute approximate surface area is 155 Å². The van der Waals surface area contributed by atoms with E-state index in [0.717, 1.165) is 25.2 Å². The van der Waals surface area contributed by atoms with Crippen LogP contribution in [-0.4, -0.2) is 47.4 Å². The summed E-state index contributed by atoms with van der Waals surface area (Å²) in [5.41, 5.74) is 1.22. The highest BCUT2D eigenvalue weighted by atomic mass is 16.2. The van der Waals surface area contributed by atoms with Crippen LogP contribution >= 0.6 is 0 Å². The second kappa shape index (κ2) is 8.62. The Balaban J connectivity index is 1.56. The van der Waals surface area contributed by atoms with E-state index in [1.165, 1.54) is 25.7 Å². The van der Waals surface area contributed by atoms with Crippen LogP contribution < -0.4 is 10.6 Å². The Hall–Kier alpha value is -1.95. The molecule has 0 unspecified atom stereocenters. The van der Waals surface area contributed by atoms with E-state index < -0.39 is 6.04 Å². The number of piperazine rings is 1. The van der Waals surface area contributed by atoms with Crippen LogP contribution in [-0.2, 0) is 16.1 Å². The van der Waals surface area contributed by atoms with E-state index >= 15 is 0 Å². The van der Waals surface area contributed by atoms with Crippen molar-refractivity contribution >= 4 is 11.8 Å². The van der Waals surface area contributed by atoms with Crippen molar-refractivity contribution in [3.05, 3.63) is 30.1 Å². The predicted molar refractivity (Wildman–Crippen MR) is 100 cm³/mol. The lowest BCUT2D eigenvalue weighted by atomic mass is 9.66. The maximum atomic E-state index is 12.5. The Morgan fingerprint density at radius 1 is 1.42 bits per heavy atom. The lowest BCUT2D eigenvalue weighted by Crippen LogP contribution is -2.56. The third kappa shape index (κ3) is 4.61. The number of amides is 2. The maximum Gasteiger partial charge on any atom is 0.237 e. The number of carbonyl (C=O) groups is 2. The minimum atomic E-state index is -0.422. The summed E-state index contributed by atoms with van der Waals surface area (Å²) in [6, 6.07) is 5.35. The van der Waals surface area contributed by atoms with E-state index in [-0.39, 0.29) is 18.2 Å². The molecule has 0 aromatic carbocycles. The molecule has 2 N–H and O–H groups in total. The Morgan fingerprint density at radius 3 is 2.92 bits per heavy atom. The van der Waals surface area contributed by atoms with Gasteiger partial charge in [0, 0.05) is 32.4 Å². The van der Waals surface area contributed by atoms with Crippen LogP contribution in [0.25, 0.3) is 0 Å². The average Bonchev–Trinajstić information content (AvgIpc) is 2.61. The number of nitrogens with zero attached hydrogens (tertiary/aromatic N) is 2. The lowest BCUT2D eigenvalue weighted by molar-refractivity contribution is -0.134. The molecular formula is C20H30N4O2. The van der Waals surface area contributed by atoms with Gasteiger partial charge in [-0.1, -0.05) is 25.8 Å². The summed E-state index contributed by atoms with van der Waals surface area (Å²) < 4.78 is 0. The fourth-order valence-corrected chi connectivity index (χ4v) is 4.13. The van der Waals surface area contributed by atoms with Gasteiger partial charge in [0.15, 0.2) is 0 Å². The van der Waals surface area contributed by atoms with Gasteiger partial charge in [-0.2, -0.15) is 0 Å². The summed E-state index contributed by atoms with van der Waals surface area (Å²) in [7, 11) is 0. The van der Waals surface area contributed by atoms with Crippen LogP contribution in [0, 0.1) is 5.41 Å². The second-order valence-corrected chi connectivity index (χ2v) is 7.68. The van der Waals surface area contributed by atoms with E-state index in [0.29, 0.717) is 18.5 Å². The van der Waals surface area contributed by atoms with Gasteiger partial charge in [0.2, 0.25) is 11.8 Å². The zero-order valence-electron chi connectivity index (χ0n) is 15.7. The van der Waals surface area contributed by atoms with Gasteiger partial charge in [0.05, 0.1) is 18.2 Å². The van der Waals surface area contributed by atoms with Crippen LogP contribution in [0.3, 0.4) is 0 Å². The van der Waals surface area contributed by atoms with Crippen molar-refractivity contribution in [1.82, 2.24) is 20.5 Å². The quantitative estimate of drug-likeness (QED) is 0.744. The van der Waals surface area contributed by atoms with Crippen LogP contribution in [0.2, 0.25) is 0 Å². The van der Waals surface area contributed by atoms with Gasteiger partial charge in [-0.3, -0.25) is 19.5 Å². The third-order valence-electron chi connectivity index (χ3n) is 5.77. The highest BCUT2D eigenvalue weighted by Crippen LogP contribution is 2.44. The lowest BCUT2D eigenvalue weighted by Gasteiger charge is -2.42. The van der Waals surface area contributed by atoms with Gasteiger partial charge in [0.1, 0.15) is 0 Å². The van der Waals surface area contributed by atoms with Crippen LogP contribution in [0.15, 0.2) is 24.4 Å². The fourth-order valence-electron chi connectivity index (χ4n) is 4.13. The SMILES string of the molecule is CCCC1(CNC(=O)C[C@@H]2C(=O)NCCN2Cc2ccccn2)CCC1. The smallest absolute Gasteiger partial charge is 0.237 e. The minimum Gasteiger partial charge on any atom is -0.355 e. The molecule has 142 valence electrons. The molecule has 2 aliphatic rings. The predicted octanol–water partition coefficient (Wildman–Crippen LogP) is 1.86. The van der Waals surface area contributed by atoms with Crippen molar-refractivity contribution in [3.63, 3.8) is 0 Å². The van der Waals surface area contributed by atoms with Crippen molar-refractivity contribution < 1.29 is 9.59 Å². The highest BCUT2D eigenvalue weighted by Gasteiger charge is 2.37. The first-order chi connectivity index (χ1) is 12.6. The molecule has 1 atom stereocenters. The number of pyridine rings is 1. The number of hydrogen-bond donors (Lipinski definition) is 2. The molecule has 1 aromatic rings. The van der Waals surface area contributed by atoms with Crippen molar-refractivity contribution in [2.45, 2.75) is 58.0 Å². The van der Waals surface area contributed by atoms with E-state index in [9.17, 15) is 9.59 Å². The van der Waals surface area contributed by atoms with E-state index in [1.54, 1.807) is 6.20 Å². The molecule has 26 heavy (non-hydrogen) atoms. The fraction of sp³-hybridized carbons (Fsp3) is 0.650. The number of aromatic nitrogens is 1. The molecular weight excluding hydrogens is 328 g/mol. The molecule has 2 heterocycles. The number of carbonyl (C=O) groups excluding carboxylic acids is 2. The van der Waals surface area contributed by atoms with Crippen LogP contribution in [0.4, 0.5) is 0 Å². The molecule has 1 aliphatic carbocycles. The van der Waals surface area contributed by atoms with Gasteiger partial charge in [-0.25, -0.2) is 0 Å². The summed E-state index contributed by atoms with van der Waals surface area (Å²) in [5, 5.41) is 5.99. The molecule has 1 saturated carbocycles. The van der Waals surface area contributed by atoms with Crippen molar-refractivity contribution in [3.8, 4) is 0 Å². The zero-order valence-corrected chi connectivity index (χ0v) is 15.7. The summed E-state index contributed by atoms with van der Waals surface area (Å²) in [6.07, 6.45) is 7.96. The van der Waals surface area contributed by atoms with Gasteiger partial charge >= 0.3 is 0 Å². The van der Waals surface area contributed by atoms with Crippen LogP contribution in [0.1, 0.15) is 51.1 Å². The first kappa shape index (κ1) is 18.8. The van der Waals surface area contributed by atoms with Crippen LogP contribution in [0.5, 0.6) is 0 Å². The normalized spacial score (nSPS) is 22.3. The Bertz CT molecular complexity index is 615. The molecule has 0 radical (unpaired) electrons. The topological polar surface area (TPSA) is 74.3 Å². The molecule has 1 aliphatic heterocycles. The molecule has 2 fully saturated rings. The molecule has 0 bridgehead atoms. The number of nitrogens with one attached hydrogen (secondary N) is 2. The molecule has 1 saturated heterocycles. The molecule has 2 amide bonds. The highest BCUT2D eigenvalue weighted by molar-refractivity contribution is 5.88. The first-order valence-electron chi connectivity index (χ1n) is 9.80. The molecule has 1 aromatic heterocycles. The van der Waals surface area contributed by atoms with Gasteiger partial charge < -0.3 is 10.6 Å². The van der Waals surface area contributed by atoms with Gasteiger partial charge in [0.25, 0.3) is 0 Å². The Morgan fingerprint density at radius 2 is 2.27 bits per heavy atom. The van der Waals surface area contributed by atoms with Gasteiger partial charge in [-0.05, 0) is 36.8 Å². The second-order valence-electron chi connectivity index (χ2n) is 7.68. The third-order valence-corrected chi connectivity index (χ3v) is 5.77. The van der Waals surface area contributed by atoms with E-state index in [4.69, 9.17) is 0 Å². The summed E-state index contributed by atoms with van der Waals surface area (Å²) in [5.74, 6) is -0.0882. The zero-order chi connectivity index (χ0) is 18.4. The summed E-state index contributed by atoms with van der Waals surface area (Å²) in [4.78, 5) is 31.3. The molecule has 6 heteroatoms. The molecule has 6 nitrogen and oxygen atoms in total.